The zero-order valence-electron chi connectivity index (χ0n) is 10.4. The van der Waals surface area contributed by atoms with Crippen LogP contribution in [0.4, 0.5) is 0 Å². The third-order valence-electron chi connectivity index (χ3n) is 2.57. The van der Waals surface area contributed by atoms with Crippen LogP contribution in [0.3, 0.4) is 0 Å². The number of hydrogen-bond donors (Lipinski definition) is 1. The van der Waals surface area contributed by atoms with Gasteiger partial charge < -0.3 is 14.6 Å². The Morgan fingerprint density at radius 2 is 1.88 bits per heavy atom. The molecule has 3 nitrogen and oxygen atoms in total. The van der Waals surface area contributed by atoms with Crippen LogP contribution in [0, 0.1) is 0 Å². The maximum Gasteiger partial charge on any atom is 0.106 e. The van der Waals surface area contributed by atoms with E-state index in [9.17, 15) is 5.11 Å². The predicted octanol–water partition coefficient (Wildman–Crippen LogP) is 2.25. The van der Waals surface area contributed by atoms with Gasteiger partial charge in [0.15, 0.2) is 0 Å². The molecule has 1 unspecified atom stereocenters. The smallest absolute Gasteiger partial charge is 0.106 e. The summed E-state index contributed by atoms with van der Waals surface area (Å²) in [5.74, 6) is 0. The van der Waals surface area contributed by atoms with E-state index >= 15 is 0 Å². The van der Waals surface area contributed by atoms with Crippen LogP contribution in [0.5, 0.6) is 0 Å². The molecule has 0 aliphatic heterocycles. The lowest BCUT2D eigenvalue weighted by Gasteiger charge is -2.25. The van der Waals surface area contributed by atoms with E-state index in [4.69, 9.17) is 9.47 Å². The topological polar surface area (TPSA) is 38.7 Å². The molecule has 90 valence electrons. The summed E-state index contributed by atoms with van der Waals surface area (Å²) in [4.78, 5) is 0. The maximum absolute atomic E-state index is 10.1. The van der Waals surface area contributed by atoms with Gasteiger partial charge in [-0.05, 0) is 25.0 Å². The van der Waals surface area contributed by atoms with Gasteiger partial charge in [0.1, 0.15) is 6.10 Å². The van der Waals surface area contributed by atoms with Gasteiger partial charge in [0.2, 0.25) is 0 Å². The van der Waals surface area contributed by atoms with Gasteiger partial charge in [-0.15, -0.1) is 0 Å². The lowest BCUT2D eigenvalue weighted by Crippen LogP contribution is -2.21. The summed E-state index contributed by atoms with van der Waals surface area (Å²) in [6, 6.07) is 7.72. The predicted molar refractivity (Wildman–Crippen MR) is 63.3 cm³/mol. The Labute approximate surface area is 97.0 Å². The highest BCUT2D eigenvalue weighted by molar-refractivity contribution is 5.33. The first-order chi connectivity index (χ1) is 7.50. The van der Waals surface area contributed by atoms with Gasteiger partial charge in [0, 0.05) is 14.2 Å². The van der Waals surface area contributed by atoms with E-state index in [0.717, 1.165) is 11.1 Å². The number of methoxy groups -OCH3 is 2. The van der Waals surface area contributed by atoms with Crippen molar-refractivity contribution in [1.82, 2.24) is 0 Å². The summed E-state index contributed by atoms with van der Waals surface area (Å²) in [5.41, 5.74) is 0.972. The Morgan fingerprint density at radius 3 is 2.38 bits per heavy atom. The quantitative estimate of drug-likeness (QED) is 0.833. The van der Waals surface area contributed by atoms with Gasteiger partial charge in [-0.3, -0.25) is 0 Å². The van der Waals surface area contributed by atoms with Crippen LogP contribution in [-0.2, 0) is 15.1 Å². The molecule has 1 aromatic rings. The monoisotopic (exact) mass is 224 g/mol. The normalized spacial score (nSPS) is 13.8. The van der Waals surface area contributed by atoms with Crippen molar-refractivity contribution in [3.63, 3.8) is 0 Å². The molecule has 0 aliphatic carbocycles. The molecule has 0 saturated carbocycles. The van der Waals surface area contributed by atoms with Crippen LogP contribution in [0.2, 0.25) is 0 Å². The number of benzene rings is 1. The van der Waals surface area contributed by atoms with Gasteiger partial charge in [0.25, 0.3) is 0 Å². The van der Waals surface area contributed by atoms with Gasteiger partial charge in [0.05, 0.1) is 12.2 Å². The number of aliphatic hydroxyl groups is 1. The Balaban J connectivity index is 3.11. The van der Waals surface area contributed by atoms with E-state index in [2.05, 4.69) is 0 Å². The van der Waals surface area contributed by atoms with Crippen molar-refractivity contribution in [2.75, 3.05) is 20.8 Å². The van der Waals surface area contributed by atoms with Gasteiger partial charge in [-0.2, -0.15) is 0 Å². The molecule has 0 fully saturated rings. The fourth-order valence-corrected chi connectivity index (χ4v) is 1.77. The second-order valence-electron chi connectivity index (χ2n) is 4.33. The highest BCUT2D eigenvalue weighted by Crippen LogP contribution is 2.29. The summed E-state index contributed by atoms with van der Waals surface area (Å²) in [7, 11) is 3.28. The maximum atomic E-state index is 10.1. The number of hydrogen-bond acceptors (Lipinski definition) is 3. The van der Waals surface area contributed by atoms with E-state index in [-0.39, 0.29) is 6.10 Å². The van der Waals surface area contributed by atoms with E-state index in [1.165, 1.54) is 0 Å². The molecule has 0 bridgehead atoms. The second kappa shape index (κ2) is 5.43. The van der Waals surface area contributed by atoms with E-state index in [0.29, 0.717) is 6.61 Å². The van der Waals surface area contributed by atoms with Crippen LogP contribution >= 0.6 is 0 Å². The molecule has 0 spiro atoms. The van der Waals surface area contributed by atoms with Crippen LogP contribution < -0.4 is 0 Å². The van der Waals surface area contributed by atoms with Crippen LogP contribution in [0.25, 0.3) is 0 Å². The van der Waals surface area contributed by atoms with Crippen molar-refractivity contribution in [2.24, 2.45) is 0 Å². The molecular weight excluding hydrogens is 204 g/mol. The third kappa shape index (κ3) is 3.04. The molecule has 1 N–H and O–H groups in total. The molecule has 0 radical (unpaired) electrons. The first-order valence-corrected chi connectivity index (χ1v) is 5.34. The van der Waals surface area contributed by atoms with Crippen molar-refractivity contribution in [2.45, 2.75) is 25.6 Å². The number of ether oxygens (including phenoxy) is 2. The van der Waals surface area contributed by atoms with Crippen LogP contribution in [0.1, 0.15) is 31.1 Å². The SMILES string of the molecule is COCC(OC)c1ccccc1C(C)(C)O. The molecule has 0 amide bonds. The summed E-state index contributed by atoms with van der Waals surface area (Å²) >= 11 is 0. The lowest BCUT2D eigenvalue weighted by atomic mass is 9.91. The standard InChI is InChI=1S/C13H20O3/c1-13(2,14)11-8-6-5-7-10(11)12(16-4)9-15-3/h5-8,12,14H,9H2,1-4H3. The van der Waals surface area contributed by atoms with Crippen molar-refractivity contribution in [1.29, 1.82) is 0 Å². The van der Waals surface area contributed by atoms with E-state index in [1.807, 2.05) is 24.3 Å². The molecule has 1 atom stereocenters. The third-order valence-corrected chi connectivity index (χ3v) is 2.57. The Hall–Kier alpha value is -0.900. The Kier molecular flexibility index (Phi) is 4.47. The van der Waals surface area contributed by atoms with Gasteiger partial charge in [-0.25, -0.2) is 0 Å². The average molecular weight is 224 g/mol. The first kappa shape index (κ1) is 13.2. The molecule has 0 aliphatic rings. The van der Waals surface area contributed by atoms with Crippen molar-refractivity contribution in [3.8, 4) is 0 Å². The van der Waals surface area contributed by atoms with Gasteiger partial charge in [-0.1, -0.05) is 24.3 Å². The van der Waals surface area contributed by atoms with Crippen LogP contribution in [-0.4, -0.2) is 25.9 Å². The molecule has 1 rings (SSSR count). The lowest BCUT2D eigenvalue weighted by molar-refractivity contribution is 0.0210. The Bertz CT molecular complexity index is 328. The average Bonchev–Trinajstić information content (AvgIpc) is 2.25. The molecule has 3 heteroatoms. The minimum atomic E-state index is -0.874. The zero-order chi connectivity index (χ0) is 12.2. The molecule has 0 saturated heterocycles. The highest BCUT2D eigenvalue weighted by Gasteiger charge is 2.23. The molecular formula is C13H20O3. The van der Waals surface area contributed by atoms with E-state index < -0.39 is 5.60 Å². The van der Waals surface area contributed by atoms with Crippen molar-refractivity contribution < 1.29 is 14.6 Å². The first-order valence-electron chi connectivity index (χ1n) is 5.34. The highest BCUT2D eigenvalue weighted by atomic mass is 16.5. The van der Waals surface area contributed by atoms with Crippen LogP contribution in [0.15, 0.2) is 24.3 Å². The fraction of sp³-hybridized carbons (Fsp3) is 0.538. The summed E-state index contributed by atoms with van der Waals surface area (Å²) in [6.07, 6.45) is -0.146. The van der Waals surface area contributed by atoms with Gasteiger partial charge >= 0.3 is 0 Å². The Morgan fingerprint density at radius 1 is 1.25 bits per heavy atom. The summed E-state index contributed by atoms with van der Waals surface area (Å²) in [5, 5.41) is 10.1. The fourth-order valence-electron chi connectivity index (χ4n) is 1.77. The summed E-state index contributed by atoms with van der Waals surface area (Å²) < 4.78 is 10.5. The largest absolute Gasteiger partial charge is 0.386 e. The summed E-state index contributed by atoms with van der Waals surface area (Å²) in [6.45, 7) is 4.01. The molecule has 0 heterocycles. The van der Waals surface area contributed by atoms with Crippen molar-refractivity contribution in [3.05, 3.63) is 35.4 Å². The molecule has 1 aromatic carbocycles. The number of rotatable bonds is 5. The van der Waals surface area contributed by atoms with E-state index in [1.54, 1.807) is 28.1 Å². The molecule has 16 heavy (non-hydrogen) atoms. The zero-order valence-corrected chi connectivity index (χ0v) is 10.4. The second-order valence-corrected chi connectivity index (χ2v) is 4.33. The molecule has 0 aromatic heterocycles. The van der Waals surface area contributed by atoms with Crippen molar-refractivity contribution >= 4 is 0 Å². The minimum absolute atomic E-state index is 0.146. The minimum Gasteiger partial charge on any atom is -0.386 e.